The first-order chi connectivity index (χ1) is 6.99. The fourth-order valence-corrected chi connectivity index (χ4v) is 2.01. The van der Waals surface area contributed by atoms with Gasteiger partial charge in [-0.15, -0.1) is 0 Å². The highest BCUT2D eigenvalue weighted by Crippen LogP contribution is 2.20. The molecule has 0 aromatic rings. The Morgan fingerprint density at radius 3 is 2.47 bits per heavy atom. The summed E-state index contributed by atoms with van der Waals surface area (Å²) in [6.07, 6.45) is 0.897. The number of carbonyl (C=O) groups is 2. The standard InChI is InChI=1S/C11H20N2O2/c1-5-8(4)10-11(15)12-6-9(14)13(10)7(2)3/h7-8,10H,5-6H2,1-4H3,(H,12,15). The predicted molar refractivity (Wildman–Crippen MR) is 58.2 cm³/mol. The maximum atomic E-state index is 11.8. The zero-order chi connectivity index (χ0) is 11.6. The molecule has 1 aliphatic rings. The van der Waals surface area contributed by atoms with Crippen LogP contribution in [0.15, 0.2) is 0 Å². The Kier molecular flexibility index (Phi) is 3.72. The molecular weight excluding hydrogens is 192 g/mol. The third-order valence-electron chi connectivity index (χ3n) is 3.01. The lowest BCUT2D eigenvalue weighted by molar-refractivity contribution is -0.149. The van der Waals surface area contributed by atoms with Crippen molar-refractivity contribution in [1.82, 2.24) is 10.2 Å². The molecule has 1 rings (SSSR count). The second-order valence-electron chi connectivity index (χ2n) is 4.44. The van der Waals surface area contributed by atoms with E-state index in [2.05, 4.69) is 5.32 Å². The number of rotatable bonds is 3. The molecule has 2 unspecified atom stereocenters. The number of hydrogen-bond acceptors (Lipinski definition) is 2. The molecule has 0 aromatic heterocycles. The lowest BCUT2D eigenvalue weighted by atomic mass is 9.94. The first-order valence-corrected chi connectivity index (χ1v) is 5.57. The van der Waals surface area contributed by atoms with Crippen LogP contribution in [0.1, 0.15) is 34.1 Å². The van der Waals surface area contributed by atoms with Crippen molar-refractivity contribution in [3.05, 3.63) is 0 Å². The average molecular weight is 212 g/mol. The van der Waals surface area contributed by atoms with Crippen LogP contribution in [0.5, 0.6) is 0 Å². The van der Waals surface area contributed by atoms with Crippen LogP contribution in [-0.4, -0.2) is 35.3 Å². The fraction of sp³-hybridized carbons (Fsp3) is 0.818. The van der Waals surface area contributed by atoms with E-state index in [0.29, 0.717) is 0 Å². The number of carbonyl (C=O) groups excluding carboxylic acids is 2. The molecule has 1 N–H and O–H groups in total. The van der Waals surface area contributed by atoms with Gasteiger partial charge in [-0.2, -0.15) is 0 Å². The highest BCUT2D eigenvalue weighted by atomic mass is 16.2. The molecule has 1 saturated heterocycles. The minimum atomic E-state index is -0.295. The van der Waals surface area contributed by atoms with Crippen LogP contribution in [0.25, 0.3) is 0 Å². The normalized spacial score (nSPS) is 24.3. The van der Waals surface area contributed by atoms with Crippen molar-refractivity contribution in [3.63, 3.8) is 0 Å². The van der Waals surface area contributed by atoms with Gasteiger partial charge in [0.15, 0.2) is 0 Å². The molecule has 0 saturated carbocycles. The Hall–Kier alpha value is -1.06. The Balaban J connectivity index is 2.93. The predicted octanol–water partition coefficient (Wildman–Crippen LogP) is 0.768. The van der Waals surface area contributed by atoms with Gasteiger partial charge < -0.3 is 10.2 Å². The molecule has 0 bridgehead atoms. The van der Waals surface area contributed by atoms with E-state index in [0.717, 1.165) is 6.42 Å². The molecule has 2 atom stereocenters. The monoisotopic (exact) mass is 212 g/mol. The zero-order valence-corrected chi connectivity index (χ0v) is 9.91. The summed E-state index contributed by atoms with van der Waals surface area (Å²) in [6.45, 7) is 8.09. The van der Waals surface area contributed by atoms with Gasteiger partial charge in [-0.1, -0.05) is 20.3 Å². The van der Waals surface area contributed by atoms with E-state index < -0.39 is 0 Å². The summed E-state index contributed by atoms with van der Waals surface area (Å²) in [4.78, 5) is 25.2. The summed E-state index contributed by atoms with van der Waals surface area (Å²) in [5.74, 6) is 0.212. The van der Waals surface area contributed by atoms with Gasteiger partial charge in [0.2, 0.25) is 11.8 Å². The van der Waals surface area contributed by atoms with E-state index in [1.54, 1.807) is 4.90 Å². The average Bonchev–Trinajstić information content (AvgIpc) is 2.19. The Morgan fingerprint density at radius 1 is 1.40 bits per heavy atom. The first-order valence-electron chi connectivity index (χ1n) is 5.57. The molecule has 0 radical (unpaired) electrons. The van der Waals surface area contributed by atoms with Gasteiger partial charge >= 0.3 is 0 Å². The van der Waals surface area contributed by atoms with Crippen LogP contribution in [0.3, 0.4) is 0 Å². The van der Waals surface area contributed by atoms with Gasteiger partial charge in [0, 0.05) is 6.04 Å². The number of amides is 2. The lowest BCUT2D eigenvalue weighted by Crippen LogP contribution is -2.62. The van der Waals surface area contributed by atoms with E-state index in [1.807, 2.05) is 27.7 Å². The minimum absolute atomic E-state index is 0.0161. The van der Waals surface area contributed by atoms with Crippen molar-refractivity contribution < 1.29 is 9.59 Å². The van der Waals surface area contributed by atoms with Crippen molar-refractivity contribution in [1.29, 1.82) is 0 Å². The molecule has 0 spiro atoms. The first kappa shape index (κ1) is 12.0. The quantitative estimate of drug-likeness (QED) is 0.751. The topological polar surface area (TPSA) is 49.4 Å². The van der Waals surface area contributed by atoms with E-state index in [1.165, 1.54) is 0 Å². The summed E-state index contributed by atoms with van der Waals surface area (Å²) in [6, 6.07) is -0.209. The van der Waals surface area contributed by atoms with Crippen molar-refractivity contribution in [3.8, 4) is 0 Å². The van der Waals surface area contributed by atoms with Crippen molar-refractivity contribution >= 4 is 11.8 Å². The third kappa shape index (κ3) is 2.30. The summed E-state index contributed by atoms with van der Waals surface area (Å²) in [5, 5.41) is 2.65. The number of hydrogen-bond donors (Lipinski definition) is 1. The fourth-order valence-electron chi connectivity index (χ4n) is 2.01. The second-order valence-corrected chi connectivity index (χ2v) is 4.44. The van der Waals surface area contributed by atoms with Gasteiger partial charge in [0.25, 0.3) is 0 Å². The molecule has 1 fully saturated rings. The molecule has 4 heteroatoms. The molecule has 15 heavy (non-hydrogen) atoms. The summed E-state index contributed by atoms with van der Waals surface area (Å²) < 4.78 is 0. The van der Waals surface area contributed by atoms with E-state index in [-0.39, 0.29) is 36.4 Å². The van der Waals surface area contributed by atoms with Gasteiger partial charge in [0.1, 0.15) is 6.04 Å². The maximum Gasteiger partial charge on any atom is 0.243 e. The van der Waals surface area contributed by atoms with Gasteiger partial charge in [0.05, 0.1) is 6.54 Å². The van der Waals surface area contributed by atoms with Crippen molar-refractivity contribution in [2.24, 2.45) is 5.92 Å². The Morgan fingerprint density at radius 2 is 2.00 bits per heavy atom. The molecule has 86 valence electrons. The molecule has 0 aliphatic carbocycles. The Labute approximate surface area is 91.0 Å². The lowest BCUT2D eigenvalue weighted by Gasteiger charge is -2.40. The maximum absolute atomic E-state index is 11.8. The van der Waals surface area contributed by atoms with Crippen LogP contribution in [0, 0.1) is 5.92 Å². The Bertz CT molecular complexity index is 263. The van der Waals surface area contributed by atoms with Crippen molar-refractivity contribution in [2.45, 2.75) is 46.2 Å². The zero-order valence-electron chi connectivity index (χ0n) is 9.91. The van der Waals surface area contributed by atoms with Gasteiger partial charge in [-0.3, -0.25) is 9.59 Å². The smallest absolute Gasteiger partial charge is 0.243 e. The number of nitrogens with zero attached hydrogens (tertiary/aromatic N) is 1. The molecular formula is C11H20N2O2. The number of nitrogens with one attached hydrogen (secondary N) is 1. The van der Waals surface area contributed by atoms with Crippen LogP contribution < -0.4 is 5.32 Å². The minimum Gasteiger partial charge on any atom is -0.345 e. The van der Waals surface area contributed by atoms with E-state index >= 15 is 0 Å². The van der Waals surface area contributed by atoms with E-state index in [4.69, 9.17) is 0 Å². The van der Waals surface area contributed by atoms with Crippen LogP contribution in [0.4, 0.5) is 0 Å². The molecule has 0 aromatic carbocycles. The molecule has 1 aliphatic heterocycles. The van der Waals surface area contributed by atoms with Crippen LogP contribution in [0.2, 0.25) is 0 Å². The summed E-state index contributed by atoms with van der Waals surface area (Å²) in [7, 11) is 0. The highest BCUT2D eigenvalue weighted by Gasteiger charge is 2.38. The van der Waals surface area contributed by atoms with Crippen LogP contribution in [-0.2, 0) is 9.59 Å². The second kappa shape index (κ2) is 4.64. The SMILES string of the molecule is CCC(C)C1C(=O)NCC(=O)N1C(C)C. The highest BCUT2D eigenvalue weighted by molar-refractivity contribution is 5.95. The van der Waals surface area contributed by atoms with Gasteiger partial charge in [-0.25, -0.2) is 0 Å². The van der Waals surface area contributed by atoms with E-state index in [9.17, 15) is 9.59 Å². The largest absolute Gasteiger partial charge is 0.345 e. The number of piperazine rings is 1. The molecule has 1 heterocycles. The summed E-state index contributed by atoms with van der Waals surface area (Å²) in [5.41, 5.74) is 0. The van der Waals surface area contributed by atoms with Gasteiger partial charge in [-0.05, 0) is 19.8 Å². The van der Waals surface area contributed by atoms with Crippen molar-refractivity contribution in [2.75, 3.05) is 6.54 Å². The summed E-state index contributed by atoms with van der Waals surface area (Å²) >= 11 is 0. The van der Waals surface area contributed by atoms with Crippen LogP contribution >= 0.6 is 0 Å². The molecule has 2 amide bonds. The third-order valence-corrected chi connectivity index (χ3v) is 3.01. The molecule has 4 nitrogen and oxygen atoms in total.